The highest BCUT2D eigenvalue weighted by atomic mass is 32.2. The smallest absolute Gasteiger partial charge is 0.261 e. The fourth-order valence-electron chi connectivity index (χ4n) is 2.90. The maximum atomic E-state index is 14.5. The van der Waals surface area contributed by atoms with E-state index in [1.165, 1.54) is 38.2 Å². The van der Waals surface area contributed by atoms with Gasteiger partial charge in [0, 0.05) is 18.3 Å². The van der Waals surface area contributed by atoms with E-state index < -0.39 is 37.2 Å². The van der Waals surface area contributed by atoms with Crippen LogP contribution in [0.3, 0.4) is 0 Å². The fraction of sp³-hybridized carbons (Fsp3) is 0.235. The number of nitrogens with one attached hydrogen (secondary N) is 1. The summed E-state index contributed by atoms with van der Waals surface area (Å²) in [5.41, 5.74) is 4.18. The average Bonchev–Trinajstić information content (AvgIpc) is 2.61. The zero-order valence-electron chi connectivity index (χ0n) is 15.1. The molecule has 150 valence electrons. The molecule has 0 unspecified atom stereocenters. The molecule has 0 fully saturated rings. The topological polar surface area (TPSA) is 122 Å². The molecule has 0 saturated heterocycles. The largest absolute Gasteiger partial charge is 0.369 e. The number of guanidine groups is 1. The Balaban J connectivity index is 2.04. The predicted molar refractivity (Wildman–Crippen MR) is 104 cm³/mol. The van der Waals surface area contributed by atoms with Gasteiger partial charge in [0.05, 0.1) is 10.6 Å². The van der Waals surface area contributed by atoms with Crippen LogP contribution in [0.25, 0.3) is 0 Å². The van der Waals surface area contributed by atoms with Crippen molar-refractivity contribution < 1.29 is 21.2 Å². The number of anilines is 1. The first-order valence-corrected chi connectivity index (χ1v) is 11.2. The van der Waals surface area contributed by atoms with Crippen LogP contribution >= 0.6 is 0 Å². The maximum absolute atomic E-state index is 14.5. The first-order valence-electron chi connectivity index (χ1n) is 8.14. The van der Waals surface area contributed by atoms with Crippen molar-refractivity contribution in [3.63, 3.8) is 0 Å². The van der Waals surface area contributed by atoms with Gasteiger partial charge < -0.3 is 5.73 Å². The third kappa shape index (κ3) is 3.67. The Morgan fingerprint density at radius 3 is 2.46 bits per heavy atom. The Morgan fingerprint density at radius 2 is 1.86 bits per heavy atom. The molecule has 1 atom stereocenters. The van der Waals surface area contributed by atoms with Crippen LogP contribution in [0, 0.1) is 5.82 Å². The lowest BCUT2D eigenvalue weighted by atomic mass is 9.93. The highest BCUT2D eigenvalue weighted by Gasteiger charge is 2.41. The second-order valence-corrected chi connectivity index (χ2v) is 10.3. The molecule has 0 aliphatic carbocycles. The van der Waals surface area contributed by atoms with E-state index in [2.05, 4.69) is 9.71 Å². The normalized spacial score (nSPS) is 21.8. The van der Waals surface area contributed by atoms with Crippen molar-refractivity contribution in [2.75, 3.05) is 17.5 Å². The molecule has 0 amide bonds. The molecule has 0 bridgehead atoms. The van der Waals surface area contributed by atoms with Gasteiger partial charge in [-0.05, 0) is 37.3 Å². The molecule has 1 aliphatic heterocycles. The van der Waals surface area contributed by atoms with Crippen LogP contribution in [-0.4, -0.2) is 39.9 Å². The summed E-state index contributed by atoms with van der Waals surface area (Å²) in [5, 5.41) is 0. The van der Waals surface area contributed by atoms with Gasteiger partial charge in [0.2, 0.25) is 16.0 Å². The summed E-state index contributed by atoms with van der Waals surface area (Å²) in [5.74, 6) is -1.51. The molecule has 28 heavy (non-hydrogen) atoms. The van der Waals surface area contributed by atoms with Crippen LogP contribution in [0.4, 0.5) is 10.1 Å². The highest BCUT2D eigenvalue weighted by Crippen LogP contribution is 2.35. The quantitative estimate of drug-likeness (QED) is 0.766. The van der Waals surface area contributed by atoms with Crippen LogP contribution in [0.5, 0.6) is 0 Å². The van der Waals surface area contributed by atoms with Crippen LogP contribution in [0.2, 0.25) is 0 Å². The van der Waals surface area contributed by atoms with E-state index in [1.807, 2.05) is 0 Å². The summed E-state index contributed by atoms with van der Waals surface area (Å²) in [6.07, 6.45) is 0. The van der Waals surface area contributed by atoms with Gasteiger partial charge in [0.25, 0.3) is 10.0 Å². The third-order valence-electron chi connectivity index (χ3n) is 4.42. The number of sulfonamides is 2. The van der Waals surface area contributed by atoms with E-state index in [0.717, 1.165) is 10.4 Å². The summed E-state index contributed by atoms with van der Waals surface area (Å²) >= 11 is 0. The minimum Gasteiger partial charge on any atom is -0.369 e. The molecular weight excluding hydrogens is 407 g/mol. The predicted octanol–water partition coefficient (Wildman–Crippen LogP) is 1.43. The van der Waals surface area contributed by atoms with Crippen molar-refractivity contribution in [3.05, 3.63) is 59.9 Å². The Kier molecular flexibility index (Phi) is 4.84. The second kappa shape index (κ2) is 6.74. The lowest BCUT2D eigenvalue weighted by molar-refractivity contribution is 0.458. The van der Waals surface area contributed by atoms with Gasteiger partial charge in [-0.3, -0.25) is 4.72 Å². The van der Waals surface area contributed by atoms with Gasteiger partial charge in [0.15, 0.2) is 0 Å². The minimum absolute atomic E-state index is 0.0382. The van der Waals surface area contributed by atoms with Crippen molar-refractivity contribution >= 4 is 31.7 Å². The SMILES string of the molecule is CN1C(N)=N[C@](C)(c2cc(NS(=O)(=O)c3ccccc3)ccc2F)CS1(=O)=O. The standard InChI is InChI=1S/C17H19FN4O4S2/c1-17(11-27(23,24)22(2)16(19)20-17)14-10-12(8-9-15(14)18)21-28(25,26)13-6-4-3-5-7-13/h3-10,21H,11H2,1-2H3,(H2,19,20)/t17-/m0/s1. The van der Waals surface area contributed by atoms with Gasteiger partial charge in [-0.2, -0.15) is 0 Å². The van der Waals surface area contributed by atoms with Crippen LogP contribution in [0.15, 0.2) is 58.4 Å². The number of nitrogens with zero attached hydrogens (tertiary/aromatic N) is 2. The summed E-state index contributed by atoms with van der Waals surface area (Å²) in [7, 11) is -6.44. The number of aliphatic imine (C=N–C) groups is 1. The minimum atomic E-state index is -3.90. The molecule has 1 heterocycles. The molecule has 11 heteroatoms. The van der Waals surface area contributed by atoms with Gasteiger partial charge in [-0.15, -0.1) is 0 Å². The van der Waals surface area contributed by atoms with E-state index in [9.17, 15) is 21.2 Å². The van der Waals surface area contributed by atoms with Crippen LogP contribution < -0.4 is 10.5 Å². The molecule has 0 spiro atoms. The van der Waals surface area contributed by atoms with E-state index >= 15 is 0 Å². The molecule has 3 N–H and O–H groups in total. The Morgan fingerprint density at radius 1 is 1.21 bits per heavy atom. The number of halogens is 1. The van der Waals surface area contributed by atoms with E-state index in [0.29, 0.717) is 0 Å². The zero-order valence-corrected chi connectivity index (χ0v) is 16.8. The first-order chi connectivity index (χ1) is 12.9. The van der Waals surface area contributed by atoms with Crippen LogP contribution in [-0.2, 0) is 25.6 Å². The molecule has 0 aromatic heterocycles. The summed E-state index contributed by atoms with van der Waals surface area (Å²) in [4.78, 5) is 4.18. The molecule has 1 aliphatic rings. The zero-order chi connectivity index (χ0) is 20.7. The monoisotopic (exact) mass is 426 g/mol. The van der Waals surface area contributed by atoms with Crippen molar-refractivity contribution in [1.29, 1.82) is 0 Å². The first kappa shape index (κ1) is 20.1. The fourth-order valence-corrected chi connectivity index (χ4v) is 5.42. The lowest BCUT2D eigenvalue weighted by Gasteiger charge is -2.34. The summed E-state index contributed by atoms with van der Waals surface area (Å²) in [6, 6.07) is 11.2. The van der Waals surface area contributed by atoms with E-state index in [-0.39, 0.29) is 22.1 Å². The average molecular weight is 426 g/mol. The van der Waals surface area contributed by atoms with Gasteiger partial charge >= 0.3 is 0 Å². The van der Waals surface area contributed by atoms with Gasteiger partial charge in [-0.1, -0.05) is 18.2 Å². The summed E-state index contributed by atoms with van der Waals surface area (Å²) in [6.45, 7) is 1.43. The molecule has 2 aromatic carbocycles. The van der Waals surface area contributed by atoms with Gasteiger partial charge in [0.1, 0.15) is 11.4 Å². The molecule has 0 saturated carbocycles. The Bertz CT molecular complexity index is 1150. The second-order valence-electron chi connectivity index (χ2n) is 6.58. The number of hydrogen-bond acceptors (Lipinski definition) is 6. The Labute approximate surface area is 163 Å². The maximum Gasteiger partial charge on any atom is 0.261 e. The highest BCUT2D eigenvalue weighted by molar-refractivity contribution is 7.92. The van der Waals surface area contributed by atoms with Crippen molar-refractivity contribution in [1.82, 2.24) is 4.31 Å². The van der Waals surface area contributed by atoms with Crippen LogP contribution in [0.1, 0.15) is 12.5 Å². The molecule has 0 radical (unpaired) electrons. The van der Waals surface area contributed by atoms with Crippen molar-refractivity contribution in [3.8, 4) is 0 Å². The number of rotatable bonds is 4. The Hall–Kier alpha value is -2.66. The molecule has 3 rings (SSSR count). The van der Waals surface area contributed by atoms with E-state index in [1.54, 1.807) is 18.2 Å². The summed E-state index contributed by atoms with van der Waals surface area (Å²) < 4.78 is 67.4. The number of benzene rings is 2. The molecule has 2 aromatic rings. The van der Waals surface area contributed by atoms with Gasteiger partial charge in [-0.25, -0.2) is 30.5 Å². The molecular formula is C17H19FN4O4S2. The molecule has 8 nitrogen and oxygen atoms in total. The lowest BCUT2D eigenvalue weighted by Crippen LogP contribution is -2.50. The van der Waals surface area contributed by atoms with E-state index in [4.69, 9.17) is 5.73 Å². The number of hydrogen-bond donors (Lipinski definition) is 2. The van der Waals surface area contributed by atoms with Crippen molar-refractivity contribution in [2.24, 2.45) is 10.7 Å². The third-order valence-corrected chi connectivity index (χ3v) is 7.76. The van der Waals surface area contributed by atoms with Crippen molar-refractivity contribution in [2.45, 2.75) is 17.4 Å². The number of nitrogens with two attached hydrogens (primary N) is 1.